The van der Waals surface area contributed by atoms with Gasteiger partial charge >= 0.3 is 0 Å². The summed E-state index contributed by atoms with van der Waals surface area (Å²) in [7, 11) is 0. The van der Waals surface area contributed by atoms with E-state index in [4.69, 9.17) is 4.42 Å². The van der Waals surface area contributed by atoms with Crippen LogP contribution in [0.4, 0.5) is 11.5 Å². The van der Waals surface area contributed by atoms with E-state index in [9.17, 15) is 4.79 Å². The summed E-state index contributed by atoms with van der Waals surface area (Å²) in [5.41, 5.74) is 2.33. The maximum Gasteiger partial charge on any atom is 0.272 e. The van der Waals surface area contributed by atoms with Crippen molar-refractivity contribution in [3.05, 3.63) is 71.8 Å². The number of rotatable bonds is 5. The van der Waals surface area contributed by atoms with E-state index in [1.807, 2.05) is 31.2 Å². The highest BCUT2D eigenvalue weighted by molar-refractivity contribution is 5.92. The van der Waals surface area contributed by atoms with Crippen LogP contribution in [0.2, 0.25) is 0 Å². The number of benzene rings is 1. The number of nitrogens with zero attached hydrogens (tertiary/aromatic N) is 2. The molecular weight excluding hydrogens is 292 g/mol. The van der Waals surface area contributed by atoms with Crippen LogP contribution in [0.3, 0.4) is 0 Å². The average molecular weight is 308 g/mol. The molecule has 2 heterocycles. The molecule has 2 aromatic heterocycles. The highest BCUT2D eigenvalue weighted by atomic mass is 16.3. The maximum atomic E-state index is 12.0. The molecule has 23 heavy (non-hydrogen) atoms. The number of amides is 1. The molecule has 0 aliphatic carbocycles. The summed E-state index contributed by atoms with van der Waals surface area (Å²) in [4.78, 5) is 12.0. The van der Waals surface area contributed by atoms with Gasteiger partial charge in [-0.3, -0.25) is 4.79 Å². The van der Waals surface area contributed by atoms with Gasteiger partial charge in [-0.05, 0) is 48.9 Å². The topological polar surface area (TPSA) is 80.0 Å². The number of nitrogens with one attached hydrogen (secondary N) is 2. The molecule has 0 spiro atoms. The second-order valence-electron chi connectivity index (χ2n) is 5.06. The molecule has 0 unspecified atom stereocenters. The molecule has 3 aromatic rings. The van der Waals surface area contributed by atoms with Crippen LogP contribution in [-0.4, -0.2) is 16.1 Å². The van der Waals surface area contributed by atoms with E-state index >= 15 is 0 Å². The SMILES string of the molecule is Cc1cccc(Nc2ccc(C(=O)NCc3ccco3)nn2)c1. The van der Waals surface area contributed by atoms with Gasteiger partial charge in [0.1, 0.15) is 5.76 Å². The van der Waals surface area contributed by atoms with Crippen LogP contribution in [0.15, 0.2) is 59.2 Å². The van der Waals surface area contributed by atoms with E-state index in [0.29, 0.717) is 18.1 Å². The lowest BCUT2D eigenvalue weighted by Gasteiger charge is -2.06. The van der Waals surface area contributed by atoms with Crippen LogP contribution < -0.4 is 10.6 Å². The van der Waals surface area contributed by atoms with Crippen molar-refractivity contribution < 1.29 is 9.21 Å². The highest BCUT2D eigenvalue weighted by Crippen LogP contribution is 2.15. The molecule has 6 nitrogen and oxygen atoms in total. The molecule has 6 heteroatoms. The van der Waals surface area contributed by atoms with Crippen molar-refractivity contribution in [1.29, 1.82) is 0 Å². The van der Waals surface area contributed by atoms with Gasteiger partial charge in [0.15, 0.2) is 11.5 Å². The van der Waals surface area contributed by atoms with E-state index < -0.39 is 0 Å². The number of anilines is 2. The zero-order valence-corrected chi connectivity index (χ0v) is 12.6. The Morgan fingerprint density at radius 2 is 2.04 bits per heavy atom. The predicted octanol–water partition coefficient (Wildman–Crippen LogP) is 3.05. The number of aryl methyl sites for hydroxylation is 1. The zero-order chi connectivity index (χ0) is 16.1. The molecule has 0 aliphatic rings. The lowest BCUT2D eigenvalue weighted by molar-refractivity contribution is 0.0942. The monoisotopic (exact) mass is 308 g/mol. The molecular formula is C17H16N4O2. The Balaban J connectivity index is 1.61. The van der Waals surface area contributed by atoms with Crippen LogP contribution >= 0.6 is 0 Å². The van der Waals surface area contributed by atoms with Crippen LogP contribution in [0, 0.1) is 6.92 Å². The fourth-order valence-corrected chi connectivity index (χ4v) is 2.06. The van der Waals surface area contributed by atoms with Crippen molar-refractivity contribution in [1.82, 2.24) is 15.5 Å². The zero-order valence-electron chi connectivity index (χ0n) is 12.6. The van der Waals surface area contributed by atoms with Gasteiger partial charge in [0.05, 0.1) is 12.8 Å². The van der Waals surface area contributed by atoms with Crippen molar-refractivity contribution in [2.45, 2.75) is 13.5 Å². The highest BCUT2D eigenvalue weighted by Gasteiger charge is 2.08. The maximum absolute atomic E-state index is 12.0. The van der Waals surface area contributed by atoms with Crippen molar-refractivity contribution in [3.8, 4) is 0 Å². The summed E-state index contributed by atoms with van der Waals surface area (Å²) in [5, 5.41) is 13.8. The summed E-state index contributed by atoms with van der Waals surface area (Å²) < 4.78 is 5.15. The van der Waals surface area contributed by atoms with Crippen molar-refractivity contribution in [3.63, 3.8) is 0 Å². The Hall–Kier alpha value is -3.15. The summed E-state index contributed by atoms with van der Waals surface area (Å²) in [6.07, 6.45) is 1.56. The molecule has 0 atom stereocenters. The van der Waals surface area contributed by atoms with Gasteiger partial charge in [-0.15, -0.1) is 10.2 Å². The smallest absolute Gasteiger partial charge is 0.272 e. The molecule has 0 saturated carbocycles. The van der Waals surface area contributed by atoms with E-state index in [1.165, 1.54) is 0 Å². The molecule has 0 saturated heterocycles. The van der Waals surface area contributed by atoms with E-state index in [1.54, 1.807) is 30.5 Å². The van der Waals surface area contributed by atoms with Gasteiger partial charge < -0.3 is 15.1 Å². The molecule has 0 fully saturated rings. The van der Waals surface area contributed by atoms with Crippen LogP contribution in [-0.2, 0) is 6.54 Å². The number of hydrogen-bond acceptors (Lipinski definition) is 5. The first-order chi connectivity index (χ1) is 11.2. The summed E-state index contributed by atoms with van der Waals surface area (Å²) >= 11 is 0. The van der Waals surface area contributed by atoms with Gasteiger partial charge in [-0.2, -0.15) is 0 Å². The largest absolute Gasteiger partial charge is 0.467 e. The molecule has 0 aliphatic heterocycles. The number of aromatic nitrogens is 2. The standard InChI is InChI=1S/C17H16N4O2/c1-12-4-2-5-13(10-12)19-16-8-7-15(20-21-16)17(22)18-11-14-6-3-9-23-14/h2-10H,11H2,1H3,(H,18,22)(H,19,21). The van der Waals surface area contributed by atoms with Gasteiger partial charge in [-0.1, -0.05) is 12.1 Å². The lowest BCUT2D eigenvalue weighted by atomic mass is 10.2. The third-order valence-corrected chi connectivity index (χ3v) is 3.19. The van der Waals surface area contributed by atoms with Gasteiger partial charge in [0.25, 0.3) is 5.91 Å². The number of carbonyl (C=O) groups is 1. The summed E-state index contributed by atoms with van der Waals surface area (Å²) in [5.74, 6) is 0.971. The molecule has 3 rings (SSSR count). The van der Waals surface area contributed by atoms with Crippen LogP contribution in [0.5, 0.6) is 0 Å². The number of hydrogen-bond donors (Lipinski definition) is 2. The number of furan rings is 1. The van der Waals surface area contributed by atoms with Crippen molar-refractivity contribution in [2.24, 2.45) is 0 Å². The Kier molecular flexibility index (Phi) is 4.33. The molecule has 1 amide bonds. The first-order valence-corrected chi connectivity index (χ1v) is 7.19. The van der Waals surface area contributed by atoms with E-state index in [-0.39, 0.29) is 11.6 Å². The third-order valence-electron chi connectivity index (χ3n) is 3.19. The Bertz CT molecular complexity index is 783. The lowest BCUT2D eigenvalue weighted by Crippen LogP contribution is -2.23. The quantitative estimate of drug-likeness (QED) is 0.757. The molecule has 116 valence electrons. The Morgan fingerprint density at radius 1 is 1.13 bits per heavy atom. The van der Waals surface area contributed by atoms with Gasteiger partial charge in [0, 0.05) is 5.69 Å². The van der Waals surface area contributed by atoms with Crippen molar-refractivity contribution in [2.75, 3.05) is 5.32 Å². The summed E-state index contributed by atoms with van der Waals surface area (Å²) in [6.45, 7) is 2.33. The second kappa shape index (κ2) is 6.74. The average Bonchev–Trinajstić information content (AvgIpc) is 3.07. The fourth-order valence-electron chi connectivity index (χ4n) is 2.06. The van der Waals surface area contributed by atoms with Crippen LogP contribution in [0.25, 0.3) is 0 Å². The number of carbonyl (C=O) groups excluding carboxylic acids is 1. The molecule has 0 radical (unpaired) electrons. The molecule has 0 bridgehead atoms. The fraction of sp³-hybridized carbons (Fsp3) is 0.118. The minimum atomic E-state index is -0.295. The van der Waals surface area contributed by atoms with Crippen molar-refractivity contribution >= 4 is 17.4 Å². The normalized spacial score (nSPS) is 10.3. The summed E-state index contributed by atoms with van der Waals surface area (Å²) in [6, 6.07) is 14.8. The first-order valence-electron chi connectivity index (χ1n) is 7.19. The van der Waals surface area contributed by atoms with E-state index in [2.05, 4.69) is 20.8 Å². The molecule has 2 N–H and O–H groups in total. The van der Waals surface area contributed by atoms with E-state index in [0.717, 1.165) is 11.3 Å². The third kappa shape index (κ3) is 3.94. The Morgan fingerprint density at radius 3 is 2.74 bits per heavy atom. The Labute approximate surface area is 133 Å². The van der Waals surface area contributed by atoms with Crippen LogP contribution in [0.1, 0.15) is 21.8 Å². The first kappa shape index (κ1) is 14.8. The predicted molar refractivity (Wildman–Crippen MR) is 86.4 cm³/mol. The molecule has 1 aromatic carbocycles. The van der Waals surface area contributed by atoms with Gasteiger partial charge in [0.2, 0.25) is 0 Å². The van der Waals surface area contributed by atoms with Gasteiger partial charge in [-0.25, -0.2) is 0 Å². The second-order valence-corrected chi connectivity index (χ2v) is 5.06. The minimum absolute atomic E-state index is 0.256. The minimum Gasteiger partial charge on any atom is -0.467 e.